The zero-order valence-corrected chi connectivity index (χ0v) is 16.3. The number of hydrogen-bond acceptors (Lipinski definition) is 5. The second-order valence-electron chi connectivity index (χ2n) is 6.03. The van der Waals surface area contributed by atoms with E-state index in [1.807, 2.05) is 54.6 Å². The van der Waals surface area contributed by atoms with Crippen LogP contribution in [0, 0.1) is 0 Å². The number of aliphatic imine (C=N–C) groups is 1. The molecule has 2 aromatic carbocycles. The third-order valence-electron chi connectivity index (χ3n) is 4.05. The van der Waals surface area contributed by atoms with E-state index in [4.69, 9.17) is 9.15 Å². The molecular formula is C22H15BrN2O3. The summed E-state index contributed by atoms with van der Waals surface area (Å²) in [6.45, 7) is 0.259. The van der Waals surface area contributed by atoms with Gasteiger partial charge in [-0.1, -0.05) is 22.0 Å². The smallest absolute Gasteiger partial charge is 0.336 e. The fraction of sp³-hybridized carbons (Fsp3) is 0.0455. The number of fused-ring (bicyclic) bond motifs is 1. The van der Waals surface area contributed by atoms with Crippen molar-refractivity contribution in [2.45, 2.75) is 6.61 Å². The van der Waals surface area contributed by atoms with E-state index >= 15 is 0 Å². The van der Waals surface area contributed by atoms with Crippen LogP contribution in [0.25, 0.3) is 11.0 Å². The highest BCUT2D eigenvalue weighted by atomic mass is 79.9. The van der Waals surface area contributed by atoms with Crippen molar-refractivity contribution in [1.82, 2.24) is 4.98 Å². The lowest BCUT2D eigenvalue weighted by atomic mass is 10.1. The van der Waals surface area contributed by atoms with Crippen LogP contribution in [0.1, 0.15) is 11.3 Å². The van der Waals surface area contributed by atoms with Crippen LogP contribution in [-0.4, -0.2) is 11.2 Å². The van der Waals surface area contributed by atoms with Crippen LogP contribution in [0.3, 0.4) is 0 Å². The molecule has 2 heterocycles. The lowest BCUT2D eigenvalue weighted by Crippen LogP contribution is -2.04. The average molecular weight is 435 g/mol. The average Bonchev–Trinajstić information content (AvgIpc) is 2.72. The van der Waals surface area contributed by atoms with E-state index in [0.717, 1.165) is 26.8 Å². The minimum Gasteiger partial charge on any atom is -0.489 e. The summed E-state index contributed by atoms with van der Waals surface area (Å²) in [6.07, 6.45) is 3.44. The molecule has 4 aromatic rings. The Hall–Kier alpha value is -3.25. The van der Waals surface area contributed by atoms with Crippen molar-refractivity contribution < 1.29 is 9.15 Å². The topological polar surface area (TPSA) is 64.7 Å². The SMILES string of the molecule is O=c1cc(COc2ccc(N=Cc3ccccn3)cc2)c2cc(Br)ccc2o1. The molecule has 0 aliphatic rings. The zero-order valence-electron chi connectivity index (χ0n) is 14.7. The van der Waals surface area contributed by atoms with Crippen LogP contribution in [0.15, 0.2) is 91.6 Å². The summed E-state index contributed by atoms with van der Waals surface area (Å²) in [5, 5.41) is 0.838. The number of benzene rings is 2. The number of pyridine rings is 1. The Bertz CT molecular complexity index is 1190. The van der Waals surface area contributed by atoms with Gasteiger partial charge in [0.05, 0.1) is 17.6 Å². The van der Waals surface area contributed by atoms with E-state index < -0.39 is 5.63 Å². The van der Waals surface area contributed by atoms with Gasteiger partial charge in [0, 0.05) is 27.7 Å². The molecule has 28 heavy (non-hydrogen) atoms. The molecule has 0 radical (unpaired) electrons. The predicted molar refractivity (Wildman–Crippen MR) is 112 cm³/mol. The molecule has 0 amide bonds. The lowest BCUT2D eigenvalue weighted by molar-refractivity contribution is 0.306. The summed E-state index contributed by atoms with van der Waals surface area (Å²) in [7, 11) is 0. The van der Waals surface area contributed by atoms with Crippen molar-refractivity contribution in [2.75, 3.05) is 0 Å². The minimum atomic E-state index is -0.396. The number of aromatic nitrogens is 1. The monoisotopic (exact) mass is 434 g/mol. The summed E-state index contributed by atoms with van der Waals surface area (Å²) in [6, 6.07) is 20.0. The van der Waals surface area contributed by atoms with Crippen LogP contribution >= 0.6 is 15.9 Å². The molecule has 0 saturated carbocycles. The van der Waals surface area contributed by atoms with Gasteiger partial charge >= 0.3 is 5.63 Å². The molecule has 0 unspecified atom stereocenters. The van der Waals surface area contributed by atoms with Gasteiger partial charge in [-0.15, -0.1) is 0 Å². The first-order valence-corrected chi connectivity index (χ1v) is 9.37. The van der Waals surface area contributed by atoms with Gasteiger partial charge in [-0.3, -0.25) is 9.98 Å². The number of nitrogens with zero attached hydrogens (tertiary/aromatic N) is 2. The van der Waals surface area contributed by atoms with E-state index in [1.54, 1.807) is 18.5 Å². The van der Waals surface area contributed by atoms with Gasteiger partial charge in [0.15, 0.2) is 0 Å². The van der Waals surface area contributed by atoms with E-state index in [9.17, 15) is 4.79 Å². The highest BCUT2D eigenvalue weighted by Crippen LogP contribution is 2.24. The van der Waals surface area contributed by atoms with Crippen molar-refractivity contribution in [3.05, 3.63) is 99.1 Å². The van der Waals surface area contributed by atoms with Crippen molar-refractivity contribution in [2.24, 2.45) is 4.99 Å². The molecule has 4 rings (SSSR count). The summed E-state index contributed by atoms with van der Waals surface area (Å²) in [4.78, 5) is 20.4. The van der Waals surface area contributed by atoms with Gasteiger partial charge < -0.3 is 9.15 Å². The molecule has 138 valence electrons. The molecule has 5 nitrogen and oxygen atoms in total. The maximum Gasteiger partial charge on any atom is 0.336 e. The Morgan fingerprint density at radius 3 is 2.71 bits per heavy atom. The van der Waals surface area contributed by atoms with Gasteiger partial charge in [-0.25, -0.2) is 4.79 Å². The molecule has 0 spiro atoms. The Morgan fingerprint density at radius 2 is 1.93 bits per heavy atom. The summed E-state index contributed by atoms with van der Waals surface area (Å²) >= 11 is 3.44. The van der Waals surface area contributed by atoms with Gasteiger partial charge in [0.1, 0.15) is 17.9 Å². The summed E-state index contributed by atoms with van der Waals surface area (Å²) in [5.74, 6) is 0.688. The van der Waals surface area contributed by atoms with Crippen LogP contribution < -0.4 is 10.4 Å². The molecule has 0 aliphatic heterocycles. The van der Waals surface area contributed by atoms with Crippen molar-refractivity contribution >= 4 is 38.8 Å². The van der Waals surface area contributed by atoms with Gasteiger partial charge in [0.2, 0.25) is 0 Å². The predicted octanol–water partition coefficient (Wildman–Crippen LogP) is 5.28. The van der Waals surface area contributed by atoms with Crippen molar-refractivity contribution in [3.63, 3.8) is 0 Å². The van der Waals surface area contributed by atoms with Crippen molar-refractivity contribution in [1.29, 1.82) is 0 Å². The molecule has 0 saturated heterocycles. The van der Waals surface area contributed by atoms with E-state index in [-0.39, 0.29) is 6.61 Å². The number of rotatable bonds is 5. The normalized spacial score (nSPS) is 11.2. The van der Waals surface area contributed by atoms with Gasteiger partial charge in [-0.05, 0) is 54.6 Å². The first-order valence-electron chi connectivity index (χ1n) is 8.58. The molecule has 0 aliphatic carbocycles. The third-order valence-corrected chi connectivity index (χ3v) is 4.55. The highest BCUT2D eigenvalue weighted by molar-refractivity contribution is 9.10. The van der Waals surface area contributed by atoms with Crippen LogP contribution in [-0.2, 0) is 6.61 Å². The van der Waals surface area contributed by atoms with Gasteiger partial charge in [-0.2, -0.15) is 0 Å². The quantitative estimate of drug-likeness (QED) is 0.316. The number of halogens is 1. The van der Waals surface area contributed by atoms with Crippen LogP contribution in [0.5, 0.6) is 5.75 Å². The third kappa shape index (κ3) is 4.35. The Kier molecular flexibility index (Phi) is 5.30. The molecule has 2 aromatic heterocycles. The molecule has 0 N–H and O–H groups in total. The standard InChI is InChI=1S/C22H15BrN2O3/c23-16-4-9-21-20(12-16)15(11-22(26)28-21)14-27-19-7-5-17(6-8-19)25-13-18-3-1-2-10-24-18/h1-13H,14H2. The molecule has 0 atom stereocenters. The van der Waals surface area contributed by atoms with E-state index in [0.29, 0.717) is 11.3 Å². The van der Waals surface area contributed by atoms with E-state index in [1.165, 1.54) is 6.07 Å². The molecular weight excluding hydrogens is 420 g/mol. The largest absolute Gasteiger partial charge is 0.489 e. The fourth-order valence-corrected chi connectivity index (χ4v) is 3.06. The zero-order chi connectivity index (χ0) is 19.3. The summed E-state index contributed by atoms with van der Waals surface area (Å²) < 4.78 is 12.0. The maximum absolute atomic E-state index is 11.8. The first kappa shape index (κ1) is 18.1. The second kappa shape index (κ2) is 8.19. The van der Waals surface area contributed by atoms with Crippen LogP contribution in [0.4, 0.5) is 5.69 Å². The summed E-state index contributed by atoms with van der Waals surface area (Å²) in [5.41, 5.74) is 2.50. The highest BCUT2D eigenvalue weighted by Gasteiger charge is 2.07. The van der Waals surface area contributed by atoms with Gasteiger partial charge in [0.25, 0.3) is 0 Å². The number of hydrogen-bond donors (Lipinski definition) is 0. The van der Waals surface area contributed by atoms with Crippen molar-refractivity contribution in [3.8, 4) is 5.75 Å². The second-order valence-corrected chi connectivity index (χ2v) is 6.94. The Morgan fingerprint density at radius 1 is 1.07 bits per heavy atom. The molecule has 6 heteroatoms. The molecule has 0 fully saturated rings. The number of ether oxygens (including phenoxy) is 1. The first-order chi connectivity index (χ1) is 13.7. The Labute approximate surface area is 169 Å². The van der Waals surface area contributed by atoms with Crippen LogP contribution in [0.2, 0.25) is 0 Å². The minimum absolute atomic E-state index is 0.259. The lowest BCUT2D eigenvalue weighted by Gasteiger charge is -2.09. The Balaban J connectivity index is 1.48. The molecule has 0 bridgehead atoms. The maximum atomic E-state index is 11.8. The fourth-order valence-electron chi connectivity index (χ4n) is 2.70. The van der Waals surface area contributed by atoms with E-state index in [2.05, 4.69) is 25.9 Å².